The quantitative estimate of drug-likeness (QED) is 0.513. The van der Waals surface area contributed by atoms with Crippen molar-refractivity contribution in [2.75, 3.05) is 26.4 Å². The molecule has 0 radical (unpaired) electrons. The van der Waals surface area contributed by atoms with Gasteiger partial charge >= 0.3 is 0 Å². The predicted molar refractivity (Wildman–Crippen MR) is 91.4 cm³/mol. The molecule has 0 aliphatic heterocycles. The maximum atomic E-state index is 5.84. The van der Waals surface area contributed by atoms with Gasteiger partial charge in [-0.25, -0.2) is 0 Å². The number of hydrogen-bond acceptors (Lipinski definition) is 4. The summed E-state index contributed by atoms with van der Waals surface area (Å²) in [5, 5.41) is 0. The fourth-order valence-electron chi connectivity index (χ4n) is 1.55. The van der Waals surface area contributed by atoms with Gasteiger partial charge in [-0.05, 0) is 47.0 Å². The predicted octanol–water partition coefficient (Wildman–Crippen LogP) is 4.06. The Kier molecular flexibility index (Phi) is 11.3. The van der Waals surface area contributed by atoms with Gasteiger partial charge in [-0.3, -0.25) is 0 Å². The van der Waals surface area contributed by atoms with Gasteiger partial charge in [0.2, 0.25) is 0 Å². The van der Waals surface area contributed by atoms with E-state index in [1.165, 1.54) is 0 Å². The molecule has 0 aromatic rings. The number of ether oxygens (including phenoxy) is 4. The summed E-state index contributed by atoms with van der Waals surface area (Å²) in [5.74, 6) is 0.552. The van der Waals surface area contributed by atoms with Crippen LogP contribution in [0.3, 0.4) is 0 Å². The van der Waals surface area contributed by atoms with Crippen LogP contribution in [0, 0.1) is 5.92 Å². The first-order valence-corrected chi connectivity index (χ1v) is 8.65. The van der Waals surface area contributed by atoms with E-state index < -0.39 is 0 Å². The van der Waals surface area contributed by atoms with E-state index in [2.05, 4.69) is 34.6 Å². The minimum absolute atomic E-state index is 0.0618. The van der Waals surface area contributed by atoms with Crippen molar-refractivity contribution in [1.29, 1.82) is 0 Å². The maximum Gasteiger partial charge on any atom is 0.0782 e. The van der Waals surface area contributed by atoms with Crippen LogP contribution in [0.5, 0.6) is 0 Å². The van der Waals surface area contributed by atoms with Crippen molar-refractivity contribution < 1.29 is 18.9 Å². The van der Waals surface area contributed by atoms with E-state index in [1.54, 1.807) is 0 Å². The topological polar surface area (TPSA) is 36.9 Å². The fourth-order valence-corrected chi connectivity index (χ4v) is 1.55. The SMILES string of the molecule is CCC(C)(C)OCC(C)OCC(C)OCC(C)OCC(C)C. The molecule has 0 N–H and O–H groups in total. The smallest absolute Gasteiger partial charge is 0.0782 e. The van der Waals surface area contributed by atoms with Crippen LogP contribution in [0.2, 0.25) is 0 Å². The highest BCUT2D eigenvalue weighted by Gasteiger charge is 2.17. The van der Waals surface area contributed by atoms with Crippen molar-refractivity contribution in [2.24, 2.45) is 5.92 Å². The molecule has 0 spiro atoms. The first kappa shape index (κ1) is 21.8. The number of rotatable bonds is 13. The molecule has 0 saturated carbocycles. The van der Waals surface area contributed by atoms with E-state index in [-0.39, 0.29) is 23.9 Å². The summed E-state index contributed by atoms with van der Waals surface area (Å²) in [5.41, 5.74) is -0.0804. The summed E-state index contributed by atoms with van der Waals surface area (Å²) < 4.78 is 23.1. The Labute approximate surface area is 137 Å². The third kappa shape index (κ3) is 12.4. The lowest BCUT2D eigenvalue weighted by atomic mass is 10.1. The van der Waals surface area contributed by atoms with Crippen LogP contribution in [0.25, 0.3) is 0 Å². The van der Waals surface area contributed by atoms with Crippen molar-refractivity contribution in [1.82, 2.24) is 0 Å². The van der Waals surface area contributed by atoms with Gasteiger partial charge in [0.05, 0.1) is 43.7 Å². The van der Waals surface area contributed by atoms with Crippen molar-refractivity contribution in [3.63, 3.8) is 0 Å². The molecular weight excluding hydrogens is 280 g/mol. The summed E-state index contributed by atoms with van der Waals surface area (Å²) in [6.45, 7) is 19.3. The van der Waals surface area contributed by atoms with E-state index in [0.29, 0.717) is 25.7 Å². The molecule has 0 fully saturated rings. The molecule has 0 aliphatic rings. The van der Waals surface area contributed by atoms with E-state index in [0.717, 1.165) is 13.0 Å². The molecule has 4 heteroatoms. The van der Waals surface area contributed by atoms with Crippen molar-refractivity contribution in [2.45, 2.75) is 85.7 Å². The van der Waals surface area contributed by atoms with Crippen LogP contribution in [0.15, 0.2) is 0 Å². The molecule has 3 atom stereocenters. The minimum atomic E-state index is -0.0804. The van der Waals surface area contributed by atoms with Crippen LogP contribution in [-0.2, 0) is 18.9 Å². The summed E-state index contributed by atoms with van der Waals surface area (Å²) in [4.78, 5) is 0. The lowest BCUT2D eigenvalue weighted by molar-refractivity contribution is -0.103. The first-order chi connectivity index (χ1) is 10.2. The summed E-state index contributed by atoms with van der Waals surface area (Å²) in [7, 11) is 0. The Morgan fingerprint density at radius 2 is 1.09 bits per heavy atom. The highest BCUT2D eigenvalue weighted by atomic mass is 16.6. The van der Waals surface area contributed by atoms with Crippen molar-refractivity contribution in [3.05, 3.63) is 0 Å². The molecule has 0 aromatic heterocycles. The molecule has 0 aromatic carbocycles. The average Bonchev–Trinajstić information content (AvgIpc) is 2.46. The van der Waals surface area contributed by atoms with Crippen LogP contribution >= 0.6 is 0 Å². The van der Waals surface area contributed by atoms with Crippen LogP contribution in [0.1, 0.15) is 61.8 Å². The standard InChI is InChI=1S/C18H38O4/c1-9-18(7,8)22-13-17(6)21-12-16(5)20-11-15(4)19-10-14(2)3/h14-17H,9-13H2,1-8H3. The molecule has 0 saturated heterocycles. The molecule has 22 heavy (non-hydrogen) atoms. The monoisotopic (exact) mass is 318 g/mol. The maximum absolute atomic E-state index is 5.84. The summed E-state index contributed by atoms with van der Waals surface area (Å²) in [6, 6.07) is 0. The second kappa shape index (κ2) is 11.4. The molecule has 0 aliphatic carbocycles. The lowest BCUT2D eigenvalue weighted by Gasteiger charge is -2.26. The molecule has 3 unspecified atom stereocenters. The van der Waals surface area contributed by atoms with Gasteiger partial charge in [0.25, 0.3) is 0 Å². The van der Waals surface area contributed by atoms with Crippen molar-refractivity contribution in [3.8, 4) is 0 Å². The zero-order valence-corrected chi connectivity index (χ0v) is 16.0. The van der Waals surface area contributed by atoms with Gasteiger partial charge in [-0.15, -0.1) is 0 Å². The van der Waals surface area contributed by atoms with Crippen LogP contribution < -0.4 is 0 Å². The van der Waals surface area contributed by atoms with Gasteiger partial charge in [-0.1, -0.05) is 20.8 Å². The van der Waals surface area contributed by atoms with Gasteiger partial charge in [0.15, 0.2) is 0 Å². The molecule has 4 nitrogen and oxygen atoms in total. The Balaban J connectivity index is 3.73. The molecule has 134 valence electrons. The average molecular weight is 318 g/mol. The molecule has 0 bridgehead atoms. The van der Waals surface area contributed by atoms with E-state index in [1.807, 2.05) is 20.8 Å². The fraction of sp³-hybridized carbons (Fsp3) is 1.00. The molecule has 0 heterocycles. The molecule has 0 rings (SSSR count). The molecular formula is C18H38O4. The zero-order valence-electron chi connectivity index (χ0n) is 16.0. The Bertz CT molecular complexity index is 266. The number of hydrogen-bond donors (Lipinski definition) is 0. The highest BCUT2D eigenvalue weighted by molar-refractivity contribution is 4.66. The third-order valence-electron chi connectivity index (χ3n) is 3.51. The van der Waals surface area contributed by atoms with E-state index in [4.69, 9.17) is 18.9 Å². The summed E-state index contributed by atoms with van der Waals surface area (Å²) >= 11 is 0. The van der Waals surface area contributed by atoms with Gasteiger partial charge in [0.1, 0.15) is 0 Å². The van der Waals surface area contributed by atoms with Crippen LogP contribution in [0.4, 0.5) is 0 Å². The second-order valence-corrected chi connectivity index (χ2v) is 7.25. The lowest BCUT2D eigenvalue weighted by Crippen LogP contribution is -2.31. The van der Waals surface area contributed by atoms with E-state index >= 15 is 0 Å². The third-order valence-corrected chi connectivity index (χ3v) is 3.51. The van der Waals surface area contributed by atoms with Crippen molar-refractivity contribution >= 4 is 0 Å². The van der Waals surface area contributed by atoms with E-state index in [9.17, 15) is 0 Å². The minimum Gasteiger partial charge on any atom is -0.376 e. The summed E-state index contributed by atoms with van der Waals surface area (Å²) in [6.07, 6.45) is 1.25. The Hall–Kier alpha value is -0.160. The normalized spacial score (nSPS) is 16.8. The zero-order chi connectivity index (χ0) is 17.2. The molecule has 0 amide bonds. The van der Waals surface area contributed by atoms with Gasteiger partial charge in [0, 0.05) is 6.61 Å². The Morgan fingerprint density at radius 1 is 0.682 bits per heavy atom. The second-order valence-electron chi connectivity index (χ2n) is 7.25. The highest BCUT2D eigenvalue weighted by Crippen LogP contribution is 2.14. The first-order valence-electron chi connectivity index (χ1n) is 8.65. The van der Waals surface area contributed by atoms with Gasteiger partial charge in [-0.2, -0.15) is 0 Å². The van der Waals surface area contributed by atoms with Crippen LogP contribution in [-0.4, -0.2) is 50.3 Å². The van der Waals surface area contributed by atoms with Gasteiger partial charge < -0.3 is 18.9 Å². The Morgan fingerprint density at radius 3 is 1.50 bits per heavy atom. The largest absolute Gasteiger partial charge is 0.376 e.